The lowest BCUT2D eigenvalue weighted by Crippen LogP contribution is -2.08. The van der Waals surface area contributed by atoms with Crippen LogP contribution < -0.4 is 0 Å². The average molecular weight is 239 g/mol. The predicted molar refractivity (Wildman–Crippen MR) is 64.4 cm³/mol. The second kappa shape index (κ2) is 4.89. The summed E-state index contributed by atoms with van der Waals surface area (Å²) in [5.41, 5.74) is 2.75. The summed E-state index contributed by atoms with van der Waals surface area (Å²) in [5.74, 6) is 0. The topological polar surface area (TPSA) is 29.5 Å². The minimum absolute atomic E-state index is 0.610. The molecule has 0 radical (unpaired) electrons. The highest BCUT2D eigenvalue weighted by atomic mass is 35.5. The molecule has 1 N–H and O–H groups in total. The van der Waals surface area contributed by atoms with E-state index in [1.165, 1.54) is 0 Å². The van der Waals surface area contributed by atoms with Crippen molar-refractivity contribution in [2.75, 3.05) is 6.61 Å². The molecule has 0 aliphatic carbocycles. The Balaban J connectivity index is 2.26. The minimum Gasteiger partial charge on any atom is -0.501 e. The molecule has 1 unspecified atom stereocenters. The molecule has 2 nitrogen and oxygen atoms in total. The van der Waals surface area contributed by atoms with E-state index in [9.17, 15) is 5.11 Å². The average Bonchev–Trinajstić information content (AvgIpc) is 2.29. The first-order chi connectivity index (χ1) is 7.68. The highest BCUT2D eigenvalue weighted by molar-refractivity contribution is 6.31. The van der Waals surface area contributed by atoms with Crippen LogP contribution in [0.15, 0.2) is 30.0 Å². The van der Waals surface area contributed by atoms with E-state index in [0.717, 1.165) is 36.1 Å². The van der Waals surface area contributed by atoms with Gasteiger partial charge in [0.2, 0.25) is 0 Å². The lowest BCUT2D eigenvalue weighted by Gasteiger charge is -2.20. The maximum atomic E-state index is 10.2. The summed E-state index contributed by atoms with van der Waals surface area (Å²) in [6.45, 7) is 2.71. The molecule has 1 aromatic carbocycles. The SMILES string of the molecule is Cc1ccc(C(O)C2=COCCC2)c(Cl)c1. The van der Waals surface area contributed by atoms with Gasteiger partial charge in [0.15, 0.2) is 0 Å². The van der Waals surface area contributed by atoms with E-state index in [1.807, 2.05) is 25.1 Å². The van der Waals surface area contributed by atoms with Gasteiger partial charge in [-0.05, 0) is 37.0 Å². The van der Waals surface area contributed by atoms with Crippen molar-refractivity contribution in [3.8, 4) is 0 Å². The van der Waals surface area contributed by atoms with Crippen LogP contribution in [0.4, 0.5) is 0 Å². The van der Waals surface area contributed by atoms with Crippen molar-refractivity contribution in [1.29, 1.82) is 0 Å². The van der Waals surface area contributed by atoms with Crippen LogP contribution >= 0.6 is 11.6 Å². The molecule has 0 bridgehead atoms. The molecule has 0 aromatic heterocycles. The van der Waals surface area contributed by atoms with Gasteiger partial charge in [-0.1, -0.05) is 23.7 Å². The van der Waals surface area contributed by atoms with Crippen LogP contribution in [0.1, 0.15) is 30.1 Å². The summed E-state index contributed by atoms with van der Waals surface area (Å²) in [4.78, 5) is 0. The first-order valence-electron chi connectivity index (χ1n) is 5.43. The van der Waals surface area contributed by atoms with Crippen LogP contribution in [0, 0.1) is 6.92 Å². The molecular weight excluding hydrogens is 224 g/mol. The van der Waals surface area contributed by atoms with E-state index in [2.05, 4.69) is 0 Å². The minimum atomic E-state index is -0.645. The summed E-state index contributed by atoms with van der Waals surface area (Å²) in [7, 11) is 0. The first-order valence-corrected chi connectivity index (χ1v) is 5.81. The highest BCUT2D eigenvalue weighted by Gasteiger charge is 2.18. The number of hydrogen-bond donors (Lipinski definition) is 1. The fraction of sp³-hybridized carbons (Fsp3) is 0.385. The third kappa shape index (κ3) is 2.39. The number of aliphatic hydroxyl groups is 1. The highest BCUT2D eigenvalue weighted by Crippen LogP contribution is 2.32. The molecule has 0 saturated carbocycles. The van der Waals surface area contributed by atoms with E-state index >= 15 is 0 Å². The van der Waals surface area contributed by atoms with Crippen molar-refractivity contribution in [2.45, 2.75) is 25.9 Å². The second-order valence-corrected chi connectivity index (χ2v) is 4.50. The molecule has 1 heterocycles. The molecule has 0 fully saturated rings. The molecule has 86 valence electrons. The number of halogens is 1. The van der Waals surface area contributed by atoms with Crippen molar-refractivity contribution in [3.05, 3.63) is 46.2 Å². The van der Waals surface area contributed by atoms with Crippen molar-refractivity contribution >= 4 is 11.6 Å². The maximum Gasteiger partial charge on any atom is 0.105 e. The fourth-order valence-electron chi connectivity index (χ4n) is 1.84. The van der Waals surface area contributed by atoms with Crippen molar-refractivity contribution in [3.63, 3.8) is 0 Å². The van der Waals surface area contributed by atoms with E-state index in [4.69, 9.17) is 16.3 Å². The molecule has 0 spiro atoms. The molecule has 2 rings (SSSR count). The van der Waals surface area contributed by atoms with Gasteiger partial charge in [-0.2, -0.15) is 0 Å². The van der Waals surface area contributed by atoms with Crippen LogP contribution in [0.3, 0.4) is 0 Å². The third-order valence-electron chi connectivity index (χ3n) is 2.76. The van der Waals surface area contributed by atoms with Crippen molar-refractivity contribution in [2.24, 2.45) is 0 Å². The van der Waals surface area contributed by atoms with Crippen LogP contribution in [0.2, 0.25) is 5.02 Å². The molecule has 0 saturated heterocycles. The Morgan fingerprint density at radius 2 is 2.25 bits per heavy atom. The number of aryl methyl sites for hydroxylation is 1. The van der Waals surface area contributed by atoms with Crippen molar-refractivity contribution in [1.82, 2.24) is 0 Å². The lowest BCUT2D eigenvalue weighted by molar-refractivity contribution is 0.170. The van der Waals surface area contributed by atoms with E-state index in [1.54, 1.807) is 6.26 Å². The second-order valence-electron chi connectivity index (χ2n) is 4.09. The zero-order valence-electron chi connectivity index (χ0n) is 9.24. The molecule has 1 aromatic rings. The lowest BCUT2D eigenvalue weighted by atomic mass is 9.97. The van der Waals surface area contributed by atoms with Gasteiger partial charge >= 0.3 is 0 Å². The van der Waals surface area contributed by atoms with E-state index in [-0.39, 0.29) is 0 Å². The van der Waals surface area contributed by atoms with Gasteiger partial charge in [-0.15, -0.1) is 0 Å². The van der Waals surface area contributed by atoms with Gasteiger partial charge in [0.25, 0.3) is 0 Å². The van der Waals surface area contributed by atoms with Gasteiger partial charge in [0.1, 0.15) is 6.10 Å². The van der Waals surface area contributed by atoms with Gasteiger partial charge in [-0.3, -0.25) is 0 Å². The largest absolute Gasteiger partial charge is 0.501 e. The third-order valence-corrected chi connectivity index (χ3v) is 3.09. The van der Waals surface area contributed by atoms with Gasteiger partial charge < -0.3 is 9.84 Å². The summed E-state index contributed by atoms with van der Waals surface area (Å²) in [6.07, 6.45) is 2.83. The molecule has 1 aliphatic heterocycles. The standard InChI is InChI=1S/C13H15ClO2/c1-9-4-5-11(12(14)7-9)13(15)10-3-2-6-16-8-10/h4-5,7-8,13,15H,2-3,6H2,1H3. The van der Waals surface area contributed by atoms with Crippen LogP contribution in [0.25, 0.3) is 0 Å². The Hall–Kier alpha value is -0.990. The van der Waals surface area contributed by atoms with Gasteiger partial charge in [0, 0.05) is 10.6 Å². The maximum absolute atomic E-state index is 10.2. The quantitative estimate of drug-likeness (QED) is 0.856. The fourth-order valence-corrected chi connectivity index (χ4v) is 2.18. The number of benzene rings is 1. The Labute approximate surface area is 101 Å². The zero-order chi connectivity index (χ0) is 11.5. The summed E-state index contributed by atoms with van der Waals surface area (Å²) in [5, 5.41) is 10.8. The number of ether oxygens (including phenoxy) is 1. The Morgan fingerprint density at radius 3 is 2.88 bits per heavy atom. The monoisotopic (exact) mass is 238 g/mol. The van der Waals surface area contributed by atoms with Crippen molar-refractivity contribution < 1.29 is 9.84 Å². The first kappa shape index (κ1) is 11.5. The Morgan fingerprint density at radius 1 is 1.44 bits per heavy atom. The summed E-state index contributed by atoms with van der Waals surface area (Å²) in [6, 6.07) is 5.69. The molecule has 1 aliphatic rings. The Bertz CT molecular complexity index is 412. The van der Waals surface area contributed by atoms with Gasteiger partial charge in [-0.25, -0.2) is 0 Å². The van der Waals surface area contributed by atoms with Crippen LogP contribution in [0.5, 0.6) is 0 Å². The number of aliphatic hydroxyl groups excluding tert-OH is 1. The van der Waals surface area contributed by atoms with Gasteiger partial charge in [0.05, 0.1) is 12.9 Å². The smallest absolute Gasteiger partial charge is 0.105 e. The normalized spacial score (nSPS) is 17.6. The zero-order valence-corrected chi connectivity index (χ0v) is 10.00. The number of hydrogen-bond acceptors (Lipinski definition) is 2. The van der Waals surface area contributed by atoms with Crippen LogP contribution in [-0.4, -0.2) is 11.7 Å². The van der Waals surface area contributed by atoms with Crippen LogP contribution in [-0.2, 0) is 4.74 Å². The Kier molecular flexibility index (Phi) is 3.52. The molecule has 3 heteroatoms. The van der Waals surface area contributed by atoms with E-state index in [0.29, 0.717) is 5.02 Å². The molecule has 0 amide bonds. The van der Waals surface area contributed by atoms with E-state index < -0.39 is 6.10 Å². The molecule has 16 heavy (non-hydrogen) atoms. The summed E-state index contributed by atoms with van der Waals surface area (Å²) < 4.78 is 5.22. The number of rotatable bonds is 2. The molecular formula is C13H15ClO2. The predicted octanol–water partition coefficient (Wildman–Crippen LogP) is 3.38. The summed E-state index contributed by atoms with van der Waals surface area (Å²) >= 11 is 6.12. The molecule has 1 atom stereocenters.